The van der Waals surface area contributed by atoms with Crippen molar-refractivity contribution in [2.24, 2.45) is 5.41 Å². The first-order chi connectivity index (χ1) is 11.2. The lowest BCUT2D eigenvalue weighted by atomic mass is 9.97. The number of hydrogen-bond donors (Lipinski definition) is 1. The molecule has 1 aromatic rings. The monoisotopic (exact) mass is 335 g/mol. The van der Waals surface area contributed by atoms with Crippen molar-refractivity contribution in [2.45, 2.75) is 46.1 Å². The van der Waals surface area contributed by atoms with Crippen molar-refractivity contribution in [1.82, 2.24) is 4.90 Å². The number of carbonyl (C=O) groups excluding carboxylic acids is 1. The number of para-hydroxylation sites is 1. The molecule has 1 saturated heterocycles. The van der Waals surface area contributed by atoms with Crippen LogP contribution >= 0.6 is 0 Å². The molecule has 0 unspecified atom stereocenters. The van der Waals surface area contributed by atoms with Crippen LogP contribution in [0.15, 0.2) is 18.2 Å². The second-order valence-corrected chi connectivity index (χ2v) is 7.06. The van der Waals surface area contributed by atoms with E-state index in [4.69, 9.17) is 9.47 Å². The van der Waals surface area contributed by atoms with Crippen molar-refractivity contribution >= 4 is 12.1 Å². The van der Waals surface area contributed by atoms with E-state index in [0.717, 1.165) is 18.4 Å². The molecule has 1 aliphatic heterocycles. The highest BCUT2D eigenvalue weighted by Crippen LogP contribution is 2.35. The van der Waals surface area contributed by atoms with E-state index in [1.54, 1.807) is 26.8 Å². The third-order valence-corrected chi connectivity index (χ3v) is 4.17. The summed E-state index contributed by atoms with van der Waals surface area (Å²) in [6.45, 7) is 5.90. The largest absolute Gasteiger partial charge is 0.493 e. The molecule has 0 spiro atoms. The lowest BCUT2D eigenvalue weighted by Gasteiger charge is -2.24. The average Bonchev–Trinajstić information content (AvgIpc) is 2.96. The Morgan fingerprint density at radius 2 is 2.04 bits per heavy atom. The molecule has 0 aromatic heterocycles. The van der Waals surface area contributed by atoms with Gasteiger partial charge in [0.15, 0.2) is 11.5 Å². The van der Waals surface area contributed by atoms with E-state index in [-0.39, 0.29) is 12.0 Å². The third-order valence-electron chi connectivity index (χ3n) is 4.17. The number of hydrogen-bond acceptors (Lipinski definition) is 4. The second-order valence-electron chi connectivity index (χ2n) is 7.06. The van der Waals surface area contributed by atoms with Crippen molar-refractivity contribution in [3.05, 3.63) is 23.8 Å². The van der Waals surface area contributed by atoms with E-state index >= 15 is 0 Å². The van der Waals surface area contributed by atoms with Crippen LogP contribution in [0.2, 0.25) is 0 Å². The zero-order chi connectivity index (χ0) is 17.9. The summed E-state index contributed by atoms with van der Waals surface area (Å²) in [5, 5.41) is 9.30. The molecule has 1 amide bonds. The molecule has 1 aliphatic rings. The maximum absolute atomic E-state index is 12.3. The van der Waals surface area contributed by atoms with Crippen LogP contribution in [0.25, 0.3) is 0 Å². The molecule has 0 saturated carbocycles. The summed E-state index contributed by atoms with van der Waals surface area (Å²) in [5.41, 5.74) is 0.142. The number of amides is 1. The van der Waals surface area contributed by atoms with Crippen LogP contribution in [0.4, 0.5) is 4.79 Å². The molecule has 1 N–H and O–H groups in total. The van der Waals surface area contributed by atoms with Gasteiger partial charge in [-0.1, -0.05) is 12.1 Å². The van der Waals surface area contributed by atoms with Crippen molar-refractivity contribution in [3.63, 3.8) is 0 Å². The average molecular weight is 335 g/mol. The molecule has 6 heteroatoms. The van der Waals surface area contributed by atoms with Crippen LogP contribution in [0.5, 0.6) is 11.5 Å². The van der Waals surface area contributed by atoms with E-state index in [0.29, 0.717) is 24.5 Å². The predicted octanol–water partition coefficient (Wildman–Crippen LogP) is 3.33. The fourth-order valence-electron chi connectivity index (χ4n) is 2.80. The van der Waals surface area contributed by atoms with Gasteiger partial charge in [0.2, 0.25) is 0 Å². The minimum atomic E-state index is -0.909. The van der Waals surface area contributed by atoms with E-state index in [1.807, 2.05) is 12.1 Å². The molecule has 2 rings (SSSR count). The fraction of sp³-hybridized carbons (Fsp3) is 0.556. The molecule has 132 valence electrons. The van der Waals surface area contributed by atoms with Gasteiger partial charge in [0.1, 0.15) is 0 Å². The highest BCUT2D eigenvalue weighted by atomic mass is 16.6. The van der Waals surface area contributed by atoms with Crippen molar-refractivity contribution in [3.8, 4) is 11.5 Å². The van der Waals surface area contributed by atoms with Gasteiger partial charge in [-0.25, -0.2) is 4.79 Å². The molecule has 0 radical (unpaired) electrons. The van der Waals surface area contributed by atoms with Crippen LogP contribution in [-0.2, 0) is 11.2 Å². The number of rotatable bonds is 4. The number of ether oxygens (including phenoxy) is 2. The molecular weight excluding hydrogens is 310 g/mol. The van der Waals surface area contributed by atoms with E-state index in [2.05, 4.69) is 0 Å². The lowest BCUT2D eigenvalue weighted by molar-refractivity contribution is -0.143. The molecular formula is C18H25NO5. The van der Waals surface area contributed by atoms with Gasteiger partial charge < -0.3 is 19.5 Å². The van der Waals surface area contributed by atoms with Crippen molar-refractivity contribution in [2.75, 3.05) is 13.7 Å². The summed E-state index contributed by atoms with van der Waals surface area (Å²) in [7, 11) is 1.52. The molecule has 1 fully saturated rings. The molecule has 6 nitrogen and oxygen atoms in total. The van der Waals surface area contributed by atoms with Crippen molar-refractivity contribution in [1.29, 1.82) is 0 Å². The number of carboxylic acid groups (broad SMARTS) is 1. The Bertz CT molecular complexity index is 620. The molecule has 1 aromatic carbocycles. The topological polar surface area (TPSA) is 76.1 Å². The summed E-state index contributed by atoms with van der Waals surface area (Å²) in [4.78, 5) is 25.1. The Kier molecular flexibility index (Phi) is 5.36. The maximum atomic E-state index is 12.3. The maximum Gasteiger partial charge on any atom is 0.407 e. The van der Waals surface area contributed by atoms with Gasteiger partial charge in [-0.2, -0.15) is 0 Å². The van der Waals surface area contributed by atoms with E-state index in [9.17, 15) is 14.7 Å². The van der Waals surface area contributed by atoms with Gasteiger partial charge in [-0.05, 0) is 46.1 Å². The number of likely N-dealkylation sites (tertiary alicyclic amines) is 1. The summed E-state index contributed by atoms with van der Waals surface area (Å²) < 4.78 is 10.9. The smallest absolute Gasteiger partial charge is 0.407 e. The number of benzene rings is 1. The normalized spacial score (nSPS) is 17.7. The number of methoxy groups -OCH3 is 1. The summed E-state index contributed by atoms with van der Waals surface area (Å²) in [6, 6.07) is 5.30. The Morgan fingerprint density at radius 3 is 2.62 bits per heavy atom. The van der Waals surface area contributed by atoms with Crippen LogP contribution in [0.3, 0.4) is 0 Å². The Hall–Kier alpha value is -2.24. The van der Waals surface area contributed by atoms with Gasteiger partial charge in [0.25, 0.3) is 0 Å². The third kappa shape index (κ3) is 3.99. The van der Waals surface area contributed by atoms with Gasteiger partial charge in [0.05, 0.1) is 12.5 Å². The Balaban J connectivity index is 2.29. The van der Waals surface area contributed by atoms with Crippen LogP contribution < -0.4 is 9.47 Å². The quantitative estimate of drug-likeness (QED) is 0.675. The Morgan fingerprint density at radius 1 is 1.33 bits per heavy atom. The molecule has 1 atom stereocenters. The minimum absolute atomic E-state index is 0.110. The first kappa shape index (κ1) is 18.1. The summed E-state index contributed by atoms with van der Waals surface area (Å²) in [5.74, 6) is 0.511. The number of esters is 1. The first-order valence-electron chi connectivity index (χ1n) is 8.11. The van der Waals surface area contributed by atoms with E-state index < -0.39 is 11.5 Å². The summed E-state index contributed by atoms with van der Waals surface area (Å²) >= 11 is 0. The highest BCUT2D eigenvalue weighted by Gasteiger charge is 2.31. The summed E-state index contributed by atoms with van der Waals surface area (Å²) in [6.07, 6.45) is 1.23. The van der Waals surface area contributed by atoms with E-state index in [1.165, 1.54) is 12.0 Å². The standard InChI is InChI=1S/C18H25NO5/c1-18(2,3)16(20)24-15-12(7-5-9-14(15)23-4)11-13-8-6-10-19(13)17(21)22/h5,7,9,13H,6,8,10-11H2,1-4H3,(H,21,22)/t13-/m0/s1. The zero-order valence-corrected chi connectivity index (χ0v) is 14.7. The predicted molar refractivity (Wildman–Crippen MR) is 89.5 cm³/mol. The first-order valence-corrected chi connectivity index (χ1v) is 8.11. The van der Waals surface area contributed by atoms with Gasteiger partial charge in [0, 0.05) is 18.2 Å². The van der Waals surface area contributed by atoms with Gasteiger partial charge >= 0.3 is 12.1 Å². The molecule has 0 aliphatic carbocycles. The number of carbonyl (C=O) groups is 2. The SMILES string of the molecule is COc1cccc(C[C@@H]2CCCN2C(=O)O)c1OC(=O)C(C)(C)C. The van der Waals surface area contributed by atoms with Gasteiger partial charge in [-0.15, -0.1) is 0 Å². The minimum Gasteiger partial charge on any atom is -0.493 e. The lowest BCUT2D eigenvalue weighted by Crippen LogP contribution is -2.35. The van der Waals surface area contributed by atoms with Crippen molar-refractivity contribution < 1.29 is 24.2 Å². The molecule has 0 bridgehead atoms. The highest BCUT2D eigenvalue weighted by molar-refractivity contribution is 5.79. The number of nitrogens with zero attached hydrogens (tertiary/aromatic N) is 1. The molecule has 24 heavy (non-hydrogen) atoms. The Labute approximate surface area is 142 Å². The fourth-order valence-corrected chi connectivity index (χ4v) is 2.80. The zero-order valence-electron chi connectivity index (χ0n) is 14.7. The van der Waals surface area contributed by atoms with Gasteiger partial charge in [-0.3, -0.25) is 4.79 Å². The van der Waals surface area contributed by atoms with Crippen LogP contribution in [0, 0.1) is 5.41 Å². The van der Waals surface area contributed by atoms with Crippen LogP contribution in [-0.4, -0.2) is 41.8 Å². The van der Waals surface area contributed by atoms with Crippen LogP contribution in [0.1, 0.15) is 39.2 Å². The molecule has 1 heterocycles. The second kappa shape index (κ2) is 7.11.